The van der Waals surface area contributed by atoms with Crippen LogP contribution < -0.4 is 10.6 Å². The summed E-state index contributed by atoms with van der Waals surface area (Å²) in [6.07, 6.45) is 3.44. The number of hydrogen-bond acceptors (Lipinski definition) is 2. The first-order chi connectivity index (χ1) is 10.8. The lowest BCUT2D eigenvalue weighted by atomic mass is 9.89. The molecule has 1 fully saturated rings. The van der Waals surface area contributed by atoms with Crippen LogP contribution in [0, 0.1) is 5.92 Å². The van der Waals surface area contributed by atoms with Crippen molar-refractivity contribution in [3.63, 3.8) is 0 Å². The van der Waals surface area contributed by atoms with E-state index in [2.05, 4.69) is 59.8 Å². The van der Waals surface area contributed by atoms with E-state index in [0.717, 1.165) is 57.4 Å². The second-order valence-electron chi connectivity index (χ2n) is 5.75. The van der Waals surface area contributed by atoms with Crippen molar-refractivity contribution in [3.8, 4) is 0 Å². The highest BCUT2D eigenvalue weighted by atomic mass is 127. The number of aliphatic imine (C=N–C) groups is 1. The minimum atomic E-state index is 0. The molecule has 1 saturated heterocycles. The van der Waals surface area contributed by atoms with Gasteiger partial charge in [-0.25, -0.2) is 0 Å². The number of hydrogen-bond donors (Lipinski definition) is 2. The smallest absolute Gasteiger partial charge is 0.191 e. The number of rotatable bonds is 6. The van der Waals surface area contributed by atoms with E-state index in [1.807, 2.05) is 0 Å². The molecule has 130 valence electrons. The van der Waals surface area contributed by atoms with Gasteiger partial charge in [0, 0.05) is 26.3 Å². The summed E-state index contributed by atoms with van der Waals surface area (Å²) in [4.78, 5) is 4.54. The normalized spacial score (nSPS) is 17.2. The number of guanidine groups is 1. The molecule has 1 aliphatic heterocycles. The monoisotopic (exact) mass is 431 g/mol. The predicted molar refractivity (Wildman–Crippen MR) is 108 cm³/mol. The Balaban J connectivity index is 0.00000264. The first kappa shape index (κ1) is 20.2. The molecule has 4 nitrogen and oxygen atoms in total. The molecule has 23 heavy (non-hydrogen) atoms. The molecule has 0 saturated carbocycles. The van der Waals surface area contributed by atoms with Crippen LogP contribution in [0.3, 0.4) is 0 Å². The van der Waals surface area contributed by atoms with E-state index in [1.54, 1.807) is 0 Å². The molecule has 0 spiro atoms. The maximum absolute atomic E-state index is 5.49. The summed E-state index contributed by atoms with van der Waals surface area (Å²) in [5.74, 6) is 1.63. The van der Waals surface area contributed by atoms with Crippen molar-refractivity contribution in [2.24, 2.45) is 10.9 Å². The average molecular weight is 431 g/mol. The summed E-state index contributed by atoms with van der Waals surface area (Å²) in [6, 6.07) is 11.0. The molecule has 0 bridgehead atoms. The second-order valence-corrected chi connectivity index (χ2v) is 5.75. The average Bonchev–Trinajstić information content (AvgIpc) is 2.56. The molecule has 0 aromatic heterocycles. The van der Waals surface area contributed by atoms with Gasteiger partial charge in [-0.2, -0.15) is 0 Å². The number of ether oxygens (including phenoxy) is 1. The van der Waals surface area contributed by atoms with Gasteiger partial charge in [0.1, 0.15) is 0 Å². The zero-order valence-electron chi connectivity index (χ0n) is 14.3. The van der Waals surface area contributed by atoms with Crippen LogP contribution in [0.15, 0.2) is 35.3 Å². The topological polar surface area (TPSA) is 45.7 Å². The number of nitrogens with one attached hydrogen (secondary N) is 2. The van der Waals surface area contributed by atoms with E-state index in [1.165, 1.54) is 5.56 Å². The molecule has 0 aliphatic carbocycles. The molecular weight excluding hydrogens is 401 g/mol. The molecule has 1 aromatic rings. The number of nitrogens with zero attached hydrogens (tertiary/aromatic N) is 1. The zero-order valence-corrected chi connectivity index (χ0v) is 16.6. The highest BCUT2D eigenvalue weighted by Gasteiger charge is 2.21. The van der Waals surface area contributed by atoms with Gasteiger partial charge in [0.25, 0.3) is 0 Å². The number of benzene rings is 1. The Morgan fingerprint density at radius 1 is 1.22 bits per heavy atom. The fourth-order valence-electron chi connectivity index (χ4n) is 2.92. The standard InChI is InChI=1S/C18H29N3O.HI/c1-3-19-18(20-4-2)21-17(16-8-6-5-7-9-16)14-15-10-12-22-13-11-15;/h5-9,15,17H,3-4,10-14H2,1-2H3,(H2,19,20,21);1H. The first-order valence-corrected chi connectivity index (χ1v) is 8.51. The molecule has 1 unspecified atom stereocenters. The molecular formula is C18H30IN3O. The van der Waals surface area contributed by atoms with Gasteiger partial charge in [0.2, 0.25) is 0 Å². The first-order valence-electron chi connectivity index (χ1n) is 8.51. The fourth-order valence-corrected chi connectivity index (χ4v) is 2.92. The van der Waals surface area contributed by atoms with Crippen molar-refractivity contribution in [3.05, 3.63) is 35.9 Å². The summed E-state index contributed by atoms with van der Waals surface area (Å²) in [5, 5.41) is 6.95. The Morgan fingerprint density at radius 2 is 1.91 bits per heavy atom. The molecule has 1 heterocycles. The van der Waals surface area contributed by atoms with Crippen LogP contribution in [-0.4, -0.2) is 32.3 Å². The highest BCUT2D eigenvalue weighted by molar-refractivity contribution is 14.0. The van der Waals surface area contributed by atoms with Crippen molar-refractivity contribution in [1.29, 1.82) is 0 Å². The van der Waals surface area contributed by atoms with Crippen molar-refractivity contribution in [2.75, 3.05) is 26.3 Å². The molecule has 0 amide bonds. The van der Waals surface area contributed by atoms with Crippen molar-refractivity contribution < 1.29 is 4.74 Å². The predicted octanol–water partition coefficient (Wildman–Crippen LogP) is 3.74. The van der Waals surface area contributed by atoms with E-state index in [4.69, 9.17) is 4.74 Å². The van der Waals surface area contributed by atoms with Gasteiger partial charge < -0.3 is 15.4 Å². The molecule has 2 N–H and O–H groups in total. The third-order valence-electron chi connectivity index (χ3n) is 4.08. The summed E-state index contributed by atoms with van der Waals surface area (Å²) in [5.41, 5.74) is 1.33. The molecule has 1 aromatic carbocycles. The lowest BCUT2D eigenvalue weighted by molar-refractivity contribution is 0.0611. The van der Waals surface area contributed by atoms with E-state index >= 15 is 0 Å². The molecule has 2 rings (SSSR count). The van der Waals surface area contributed by atoms with E-state index in [-0.39, 0.29) is 24.0 Å². The second kappa shape index (κ2) is 11.7. The Kier molecular flexibility index (Phi) is 10.3. The SMILES string of the molecule is CCN=C(NCC)NC(CC1CCOCC1)c1ccccc1.I. The fraction of sp³-hybridized carbons (Fsp3) is 0.611. The van der Waals surface area contributed by atoms with Gasteiger partial charge in [0.15, 0.2) is 5.96 Å². The van der Waals surface area contributed by atoms with Gasteiger partial charge in [-0.15, -0.1) is 24.0 Å². The Bertz CT molecular complexity index is 447. The van der Waals surface area contributed by atoms with Crippen LogP contribution >= 0.6 is 24.0 Å². The highest BCUT2D eigenvalue weighted by Crippen LogP contribution is 2.27. The Hall–Kier alpha value is -0.820. The summed E-state index contributed by atoms with van der Waals surface area (Å²) >= 11 is 0. The lowest BCUT2D eigenvalue weighted by Crippen LogP contribution is -2.40. The van der Waals surface area contributed by atoms with Gasteiger partial charge in [-0.3, -0.25) is 4.99 Å². The van der Waals surface area contributed by atoms with E-state index in [0.29, 0.717) is 6.04 Å². The largest absolute Gasteiger partial charge is 0.381 e. The minimum absolute atomic E-state index is 0. The van der Waals surface area contributed by atoms with Crippen LogP contribution in [0.1, 0.15) is 44.7 Å². The maximum atomic E-state index is 5.49. The molecule has 0 radical (unpaired) electrons. The van der Waals surface area contributed by atoms with Crippen molar-refractivity contribution in [2.45, 2.75) is 39.2 Å². The van der Waals surface area contributed by atoms with E-state index < -0.39 is 0 Å². The third-order valence-corrected chi connectivity index (χ3v) is 4.08. The van der Waals surface area contributed by atoms with Gasteiger partial charge in [-0.05, 0) is 44.6 Å². The van der Waals surface area contributed by atoms with Crippen molar-refractivity contribution in [1.82, 2.24) is 10.6 Å². The summed E-state index contributed by atoms with van der Waals surface area (Å²) in [6.45, 7) is 7.63. The van der Waals surface area contributed by atoms with Crippen molar-refractivity contribution >= 4 is 29.9 Å². The molecule has 1 atom stereocenters. The van der Waals surface area contributed by atoms with Gasteiger partial charge in [0.05, 0.1) is 6.04 Å². The quantitative estimate of drug-likeness (QED) is 0.410. The van der Waals surface area contributed by atoms with E-state index in [9.17, 15) is 0 Å². The van der Waals surface area contributed by atoms with Gasteiger partial charge >= 0.3 is 0 Å². The van der Waals surface area contributed by atoms with Crippen LogP contribution in [0.5, 0.6) is 0 Å². The van der Waals surface area contributed by atoms with Crippen LogP contribution in [0.4, 0.5) is 0 Å². The van der Waals surface area contributed by atoms with Crippen LogP contribution in [0.25, 0.3) is 0 Å². The third kappa shape index (κ3) is 7.08. The summed E-state index contributed by atoms with van der Waals surface area (Å²) < 4.78 is 5.49. The van der Waals surface area contributed by atoms with Gasteiger partial charge in [-0.1, -0.05) is 30.3 Å². The number of halogens is 1. The summed E-state index contributed by atoms with van der Waals surface area (Å²) in [7, 11) is 0. The molecule has 1 aliphatic rings. The minimum Gasteiger partial charge on any atom is -0.381 e. The lowest BCUT2D eigenvalue weighted by Gasteiger charge is -2.28. The maximum Gasteiger partial charge on any atom is 0.191 e. The zero-order chi connectivity index (χ0) is 15.6. The van der Waals surface area contributed by atoms with Crippen LogP contribution in [-0.2, 0) is 4.74 Å². The Labute approximate surface area is 157 Å². The molecule has 5 heteroatoms. The van der Waals surface area contributed by atoms with Crippen LogP contribution in [0.2, 0.25) is 0 Å². The Morgan fingerprint density at radius 3 is 2.52 bits per heavy atom.